The van der Waals surface area contributed by atoms with Gasteiger partial charge in [0.25, 0.3) is 0 Å². The smallest absolute Gasteiger partial charge is 0.0594 e. The standard InChI is InChI=1S/C19H41N3O/c1-18(2)22-12-7-5-6-11-21(14-16-23-17-15-22)13-9-19(3)8-10-20-4/h18-20H,5-17H2,1-4H3. The molecule has 1 heterocycles. The normalized spacial score (nSPS) is 21.8. The van der Waals surface area contributed by atoms with Gasteiger partial charge < -0.3 is 15.0 Å². The van der Waals surface area contributed by atoms with Gasteiger partial charge in [0.15, 0.2) is 0 Å². The third-order valence-corrected chi connectivity index (χ3v) is 5.05. The zero-order valence-corrected chi connectivity index (χ0v) is 16.1. The molecule has 1 fully saturated rings. The molecule has 0 aliphatic carbocycles. The highest BCUT2D eigenvalue weighted by molar-refractivity contribution is 4.66. The summed E-state index contributed by atoms with van der Waals surface area (Å²) < 4.78 is 5.90. The van der Waals surface area contributed by atoms with Gasteiger partial charge in [0.2, 0.25) is 0 Å². The van der Waals surface area contributed by atoms with Crippen molar-refractivity contribution >= 4 is 0 Å². The second-order valence-electron chi connectivity index (χ2n) is 7.43. The first-order chi connectivity index (χ1) is 11.1. The number of hydrogen-bond donors (Lipinski definition) is 1. The van der Waals surface area contributed by atoms with E-state index in [0.29, 0.717) is 6.04 Å². The Morgan fingerprint density at radius 1 is 0.913 bits per heavy atom. The van der Waals surface area contributed by atoms with Gasteiger partial charge in [0.1, 0.15) is 0 Å². The summed E-state index contributed by atoms with van der Waals surface area (Å²) in [6, 6.07) is 0.636. The molecule has 0 bridgehead atoms. The van der Waals surface area contributed by atoms with Crippen LogP contribution in [0.15, 0.2) is 0 Å². The Balaban J connectivity index is 2.29. The van der Waals surface area contributed by atoms with Gasteiger partial charge in [-0.3, -0.25) is 4.90 Å². The molecule has 1 rings (SSSR count). The molecular formula is C19H41N3O. The van der Waals surface area contributed by atoms with Crippen LogP contribution in [-0.4, -0.2) is 75.4 Å². The van der Waals surface area contributed by atoms with Crippen LogP contribution in [0.2, 0.25) is 0 Å². The molecule has 0 amide bonds. The first-order valence-corrected chi connectivity index (χ1v) is 9.82. The Kier molecular flexibility index (Phi) is 12.0. The molecule has 1 aliphatic rings. The minimum atomic E-state index is 0.636. The van der Waals surface area contributed by atoms with Crippen molar-refractivity contribution in [3.8, 4) is 0 Å². The summed E-state index contributed by atoms with van der Waals surface area (Å²) in [6.45, 7) is 15.7. The molecular weight excluding hydrogens is 286 g/mol. The Morgan fingerprint density at radius 2 is 1.65 bits per heavy atom. The molecule has 0 aromatic carbocycles. The first-order valence-electron chi connectivity index (χ1n) is 9.82. The molecule has 4 heteroatoms. The van der Waals surface area contributed by atoms with E-state index in [-0.39, 0.29) is 0 Å². The van der Waals surface area contributed by atoms with E-state index in [1.54, 1.807) is 0 Å². The van der Waals surface area contributed by atoms with Crippen LogP contribution < -0.4 is 5.32 Å². The van der Waals surface area contributed by atoms with Crippen LogP contribution in [0, 0.1) is 5.92 Å². The van der Waals surface area contributed by atoms with Gasteiger partial charge in [0.05, 0.1) is 13.2 Å². The highest BCUT2D eigenvalue weighted by Crippen LogP contribution is 2.10. The maximum atomic E-state index is 5.90. The lowest BCUT2D eigenvalue weighted by Crippen LogP contribution is -2.36. The number of nitrogens with one attached hydrogen (secondary N) is 1. The Labute approximate surface area is 144 Å². The number of rotatable bonds is 7. The summed E-state index contributed by atoms with van der Waals surface area (Å²) in [5.74, 6) is 0.810. The topological polar surface area (TPSA) is 27.7 Å². The van der Waals surface area contributed by atoms with E-state index >= 15 is 0 Å². The lowest BCUT2D eigenvalue weighted by Gasteiger charge is -2.28. The maximum absolute atomic E-state index is 5.90. The predicted molar refractivity (Wildman–Crippen MR) is 100 cm³/mol. The highest BCUT2D eigenvalue weighted by Gasteiger charge is 2.12. The average Bonchev–Trinajstić information content (AvgIpc) is 2.52. The van der Waals surface area contributed by atoms with Crippen molar-refractivity contribution in [3.63, 3.8) is 0 Å². The van der Waals surface area contributed by atoms with E-state index in [0.717, 1.165) is 38.8 Å². The summed E-state index contributed by atoms with van der Waals surface area (Å²) in [7, 11) is 2.04. The van der Waals surface area contributed by atoms with E-state index in [2.05, 4.69) is 35.9 Å². The Hall–Kier alpha value is -0.160. The van der Waals surface area contributed by atoms with Gasteiger partial charge in [-0.2, -0.15) is 0 Å². The molecule has 0 radical (unpaired) electrons. The summed E-state index contributed by atoms with van der Waals surface area (Å²) >= 11 is 0. The van der Waals surface area contributed by atoms with Crippen molar-refractivity contribution in [2.45, 2.75) is 58.9 Å². The second-order valence-corrected chi connectivity index (χ2v) is 7.43. The minimum Gasteiger partial charge on any atom is -0.379 e. The van der Waals surface area contributed by atoms with E-state index < -0.39 is 0 Å². The first kappa shape index (κ1) is 20.9. The quantitative estimate of drug-likeness (QED) is 0.778. The van der Waals surface area contributed by atoms with Crippen molar-refractivity contribution in [1.82, 2.24) is 15.1 Å². The van der Waals surface area contributed by atoms with Gasteiger partial charge >= 0.3 is 0 Å². The lowest BCUT2D eigenvalue weighted by atomic mass is 10.0. The van der Waals surface area contributed by atoms with Gasteiger partial charge in [-0.05, 0) is 78.7 Å². The SMILES string of the molecule is CNCCC(C)CCN1CCCCCN(C(C)C)CCOCC1. The summed E-state index contributed by atoms with van der Waals surface area (Å²) in [5, 5.41) is 3.26. The van der Waals surface area contributed by atoms with Crippen LogP contribution in [0.5, 0.6) is 0 Å². The molecule has 0 spiro atoms. The third kappa shape index (κ3) is 10.3. The van der Waals surface area contributed by atoms with E-state index in [9.17, 15) is 0 Å². The molecule has 138 valence electrons. The Bertz CT molecular complexity index is 259. The van der Waals surface area contributed by atoms with Crippen molar-refractivity contribution in [3.05, 3.63) is 0 Å². The average molecular weight is 328 g/mol. The number of ether oxygens (including phenoxy) is 1. The van der Waals surface area contributed by atoms with Gasteiger partial charge in [-0.25, -0.2) is 0 Å². The molecule has 1 saturated heterocycles. The van der Waals surface area contributed by atoms with Crippen LogP contribution >= 0.6 is 0 Å². The van der Waals surface area contributed by atoms with Crippen LogP contribution in [0.3, 0.4) is 0 Å². The number of hydrogen-bond acceptors (Lipinski definition) is 4. The maximum Gasteiger partial charge on any atom is 0.0594 e. The number of nitrogens with zero attached hydrogens (tertiary/aromatic N) is 2. The van der Waals surface area contributed by atoms with Crippen LogP contribution in [0.1, 0.15) is 52.9 Å². The Morgan fingerprint density at radius 3 is 2.39 bits per heavy atom. The van der Waals surface area contributed by atoms with Crippen LogP contribution in [0.25, 0.3) is 0 Å². The molecule has 1 aliphatic heterocycles. The van der Waals surface area contributed by atoms with Crippen molar-refractivity contribution < 1.29 is 4.74 Å². The third-order valence-electron chi connectivity index (χ3n) is 5.05. The zero-order chi connectivity index (χ0) is 16.9. The van der Waals surface area contributed by atoms with E-state index in [1.165, 1.54) is 51.7 Å². The predicted octanol–water partition coefficient (Wildman–Crippen LogP) is 2.84. The molecule has 1 atom stereocenters. The molecule has 23 heavy (non-hydrogen) atoms. The lowest BCUT2D eigenvalue weighted by molar-refractivity contribution is 0.0692. The van der Waals surface area contributed by atoms with Gasteiger partial charge in [0, 0.05) is 19.1 Å². The molecule has 1 N–H and O–H groups in total. The summed E-state index contributed by atoms with van der Waals surface area (Å²) in [4.78, 5) is 5.18. The van der Waals surface area contributed by atoms with Gasteiger partial charge in [-0.15, -0.1) is 0 Å². The summed E-state index contributed by atoms with van der Waals surface area (Å²) in [5.41, 5.74) is 0. The van der Waals surface area contributed by atoms with Crippen LogP contribution in [0.4, 0.5) is 0 Å². The van der Waals surface area contributed by atoms with E-state index in [1.807, 2.05) is 7.05 Å². The summed E-state index contributed by atoms with van der Waals surface area (Å²) in [6.07, 6.45) is 6.60. The largest absolute Gasteiger partial charge is 0.379 e. The van der Waals surface area contributed by atoms with Crippen molar-refractivity contribution in [1.29, 1.82) is 0 Å². The monoisotopic (exact) mass is 327 g/mol. The molecule has 1 unspecified atom stereocenters. The second kappa shape index (κ2) is 13.2. The van der Waals surface area contributed by atoms with E-state index in [4.69, 9.17) is 4.74 Å². The fraction of sp³-hybridized carbons (Fsp3) is 1.00. The van der Waals surface area contributed by atoms with Crippen LogP contribution in [-0.2, 0) is 4.74 Å². The van der Waals surface area contributed by atoms with Crippen molar-refractivity contribution in [2.75, 3.05) is 59.5 Å². The molecule has 0 saturated carbocycles. The fourth-order valence-electron chi connectivity index (χ4n) is 3.21. The zero-order valence-electron chi connectivity index (χ0n) is 16.1. The van der Waals surface area contributed by atoms with Crippen molar-refractivity contribution in [2.24, 2.45) is 5.92 Å². The highest BCUT2D eigenvalue weighted by atomic mass is 16.5. The minimum absolute atomic E-state index is 0.636. The fourth-order valence-corrected chi connectivity index (χ4v) is 3.21. The molecule has 4 nitrogen and oxygen atoms in total. The molecule has 0 aromatic heterocycles. The van der Waals surface area contributed by atoms with Gasteiger partial charge in [-0.1, -0.05) is 13.3 Å². The molecule has 0 aromatic rings.